The Morgan fingerprint density at radius 1 is 1.04 bits per heavy atom. The second kappa shape index (κ2) is 6.01. The van der Waals surface area contributed by atoms with Crippen molar-refractivity contribution in [3.63, 3.8) is 0 Å². The maximum atomic E-state index is 12.4. The third kappa shape index (κ3) is 2.65. The highest BCUT2D eigenvalue weighted by Crippen LogP contribution is 2.23. The zero-order chi connectivity index (χ0) is 17.5. The van der Waals surface area contributed by atoms with Crippen LogP contribution < -0.4 is 5.32 Å². The third-order valence-electron chi connectivity index (χ3n) is 4.05. The van der Waals surface area contributed by atoms with Crippen LogP contribution >= 0.6 is 23.1 Å². The Morgan fingerprint density at radius 3 is 2.73 bits per heavy atom. The van der Waals surface area contributed by atoms with E-state index in [0.29, 0.717) is 5.56 Å². The van der Waals surface area contributed by atoms with Gasteiger partial charge in [0, 0.05) is 34.6 Å². The molecular weight excluding hydrogens is 366 g/mol. The van der Waals surface area contributed by atoms with Crippen molar-refractivity contribution in [2.75, 3.05) is 5.32 Å². The summed E-state index contributed by atoms with van der Waals surface area (Å²) in [6.45, 7) is 0. The maximum Gasteiger partial charge on any atom is 0.255 e. The summed E-state index contributed by atoms with van der Waals surface area (Å²) in [4.78, 5) is 18.0. The van der Waals surface area contributed by atoms with E-state index in [9.17, 15) is 4.79 Å². The smallest absolute Gasteiger partial charge is 0.255 e. The molecule has 0 atom stereocenters. The van der Waals surface area contributed by atoms with Gasteiger partial charge in [0.05, 0.1) is 17.4 Å². The number of imidazole rings is 1. The van der Waals surface area contributed by atoms with Crippen molar-refractivity contribution in [1.82, 2.24) is 18.1 Å². The average Bonchev–Trinajstić information content (AvgIpc) is 3.37. The molecule has 0 fully saturated rings. The minimum atomic E-state index is -0.171. The predicted octanol–water partition coefficient (Wildman–Crippen LogP) is 4.32. The lowest BCUT2D eigenvalue weighted by Gasteiger charge is -2.06. The lowest BCUT2D eigenvalue weighted by molar-refractivity contribution is 0.102. The van der Waals surface area contributed by atoms with Crippen LogP contribution in [0.2, 0.25) is 0 Å². The standard InChI is InChI=1S/C18H11N5OS2/c24-17(12-3-6-14-15(9-12)22-26-21-14)19-13-4-1-11(2-5-13)16-10-23-7-8-25-18(23)20-16/h1-10H,(H,19,24). The average molecular weight is 377 g/mol. The van der Waals surface area contributed by atoms with Crippen LogP contribution in [-0.2, 0) is 0 Å². The van der Waals surface area contributed by atoms with E-state index < -0.39 is 0 Å². The molecule has 3 heterocycles. The number of rotatable bonds is 3. The van der Waals surface area contributed by atoms with Crippen LogP contribution in [0.25, 0.3) is 27.3 Å². The number of carbonyl (C=O) groups is 1. The number of nitrogens with zero attached hydrogens (tertiary/aromatic N) is 4. The van der Waals surface area contributed by atoms with E-state index in [1.807, 2.05) is 46.4 Å². The SMILES string of the molecule is O=C(Nc1ccc(-c2cn3ccsc3n2)cc1)c1ccc2nsnc2c1. The Bertz CT molecular complexity index is 1210. The lowest BCUT2D eigenvalue weighted by Crippen LogP contribution is -2.11. The number of hydrogen-bond acceptors (Lipinski definition) is 6. The lowest BCUT2D eigenvalue weighted by atomic mass is 10.1. The van der Waals surface area contributed by atoms with Crippen LogP contribution in [0.4, 0.5) is 5.69 Å². The molecule has 0 aliphatic rings. The van der Waals surface area contributed by atoms with Crippen LogP contribution in [0, 0.1) is 0 Å². The molecule has 0 radical (unpaired) electrons. The van der Waals surface area contributed by atoms with Gasteiger partial charge in [-0.1, -0.05) is 12.1 Å². The van der Waals surface area contributed by atoms with Crippen molar-refractivity contribution in [3.05, 3.63) is 65.8 Å². The fourth-order valence-electron chi connectivity index (χ4n) is 2.72. The number of amides is 1. The topological polar surface area (TPSA) is 72.2 Å². The van der Waals surface area contributed by atoms with Gasteiger partial charge in [-0.2, -0.15) is 8.75 Å². The van der Waals surface area contributed by atoms with Crippen LogP contribution in [0.1, 0.15) is 10.4 Å². The Morgan fingerprint density at radius 2 is 1.88 bits per heavy atom. The highest BCUT2D eigenvalue weighted by atomic mass is 32.1. The molecule has 2 aromatic carbocycles. The van der Waals surface area contributed by atoms with Crippen molar-refractivity contribution in [2.45, 2.75) is 0 Å². The van der Waals surface area contributed by atoms with Crippen LogP contribution in [0.3, 0.4) is 0 Å². The first-order valence-electron chi connectivity index (χ1n) is 7.82. The summed E-state index contributed by atoms with van der Waals surface area (Å²) < 4.78 is 10.3. The first kappa shape index (κ1) is 15.2. The van der Waals surface area contributed by atoms with Gasteiger partial charge in [0.15, 0.2) is 4.96 Å². The van der Waals surface area contributed by atoms with Crippen molar-refractivity contribution >= 4 is 50.7 Å². The number of hydrogen-bond donors (Lipinski definition) is 1. The minimum absolute atomic E-state index is 0.171. The largest absolute Gasteiger partial charge is 0.322 e. The molecule has 0 saturated heterocycles. The van der Waals surface area contributed by atoms with Crippen LogP contribution in [-0.4, -0.2) is 24.0 Å². The Balaban J connectivity index is 1.36. The van der Waals surface area contributed by atoms with E-state index in [4.69, 9.17) is 0 Å². The summed E-state index contributed by atoms with van der Waals surface area (Å²) in [7, 11) is 0. The molecule has 1 amide bonds. The monoisotopic (exact) mass is 377 g/mol. The summed E-state index contributed by atoms with van der Waals surface area (Å²) in [6, 6.07) is 13.0. The number of carbonyl (C=O) groups excluding carboxylic acids is 1. The van der Waals surface area contributed by atoms with Crippen LogP contribution in [0.15, 0.2) is 60.2 Å². The van der Waals surface area contributed by atoms with E-state index in [0.717, 1.165) is 44.7 Å². The summed E-state index contributed by atoms with van der Waals surface area (Å²) >= 11 is 2.74. The second-order valence-corrected chi connectivity index (χ2v) is 7.12. The number of fused-ring (bicyclic) bond motifs is 2. The Labute approximate surface area is 156 Å². The van der Waals surface area contributed by atoms with E-state index in [-0.39, 0.29) is 5.91 Å². The van der Waals surface area contributed by atoms with Crippen molar-refractivity contribution in [2.24, 2.45) is 0 Å². The Hall–Kier alpha value is -3.10. The number of benzene rings is 2. The molecule has 3 aromatic heterocycles. The van der Waals surface area contributed by atoms with Crippen molar-refractivity contribution in [3.8, 4) is 11.3 Å². The zero-order valence-electron chi connectivity index (χ0n) is 13.3. The molecular formula is C18H11N5OS2. The first-order valence-corrected chi connectivity index (χ1v) is 9.43. The van der Waals surface area contributed by atoms with Gasteiger partial charge in [-0.05, 0) is 30.3 Å². The Kier molecular flexibility index (Phi) is 3.51. The van der Waals surface area contributed by atoms with Gasteiger partial charge >= 0.3 is 0 Å². The molecule has 0 aliphatic heterocycles. The van der Waals surface area contributed by atoms with Gasteiger partial charge < -0.3 is 5.32 Å². The fourth-order valence-corrected chi connectivity index (χ4v) is 3.93. The van der Waals surface area contributed by atoms with E-state index in [2.05, 4.69) is 19.0 Å². The zero-order valence-corrected chi connectivity index (χ0v) is 14.9. The van der Waals surface area contributed by atoms with Gasteiger partial charge in [0.1, 0.15) is 11.0 Å². The molecule has 0 aliphatic carbocycles. The normalized spacial score (nSPS) is 11.2. The summed E-state index contributed by atoms with van der Waals surface area (Å²) in [5, 5.41) is 4.91. The van der Waals surface area contributed by atoms with Crippen molar-refractivity contribution in [1.29, 1.82) is 0 Å². The minimum Gasteiger partial charge on any atom is -0.322 e. The predicted molar refractivity (Wildman–Crippen MR) is 104 cm³/mol. The van der Waals surface area contributed by atoms with Gasteiger partial charge in [0.2, 0.25) is 0 Å². The molecule has 26 heavy (non-hydrogen) atoms. The molecule has 0 saturated carbocycles. The fraction of sp³-hybridized carbons (Fsp3) is 0. The highest BCUT2D eigenvalue weighted by molar-refractivity contribution is 7.15. The first-order chi connectivity index (χ1) is 12.8. The molecule has 1 N–H and O–H groups in total. The van der Waals surface area contributed by atoms with Gasteiger partial charge in [0.25, 0.3) is 5.91 Å². The number of aromatic nitrogens is 4. The van der Waals surface area contributed by atoms with E-state index in [1.54, 1.807) is 29.5 Å². The molecule has 5 rings (SSSR count). The maximum absolute atomic E-state index is 12.4. The quantitative estimate of drug-likeness (QED) is 0.508. The molecule has 8 heteroatoms. The molecule has 126 valence electrons. The molecule has 5 aromatic rings. The highest BCUT2D eigenvalue weighted by Gasteiger charge is 2.10. The molecule has 6 nitrogen and oxygen atoms in total. The summed E-state index contributed by atoms with van der Waals surface area (Å²) in [5.74, 6) is -0.171. The van der Waals surface area contributed by atoms with Gasteiger partial charge in [-0.15, -0.1) is 11.3 Å². The molecule has 0 unspecified atom stereocenters. The third-order valence-corrected chi connectivity index (χ3v) is 5.38. The van der Waals surface area contributed by atoms with Crippen LogP contribution in [0.5, 0.6) is 0 Å². The van der Waals surface area contributed by atoms with Crippen molar-refractivity contribution < 1.29 is 4.79 Å². The molecule has 0 bridgehead atoms. The molecule has 0 spiro atoms. The number of anilines is 1. The summed E-state index contributed by atoms with van der Waals surface area (Å²) in [5.41, 5.74) is 4.75. The summed E-state index contributed by atoms with van der Waals surface area (Å²) in [6.07, 6.45) is 3.98. The van der Waals surface area contributed by atoms with Gasteiger partial charge in [-0.25, -0.2) is 4.98 Å². The van der Waals surface area contributed by atoms with E-state index in [1.165, 1.54) is 0 Å². The number of nitrogens with one attached hydrogen (secondary N) is 1. The number of thiazole rings is 1. The second-order valence-electron chi connectivity index (χ2n) is 5.72. The van der Waals surface area contributed by atoms with Gasteiger partial charge in [-0.3, -0.25) is 9.20 Å². The van der Waals surface area contributed by atoms with E-state index >= 15 is 0 Å².